The number of nitrogens with zero attached hydrogens (tertiary/aromatic N) is 6. The van der Waals surface area contributed by atoms with Crippen molar-refractivity contribution in [3.05, 3.63) is 30.3 Å². The van der Waals surface area contributed by atoms with E-state index in [0.29, 0.717) is 6.61 Å². The molecule has 1 N–H and O–H groups in total. The Bertz CT molecular complexity index is 742. The first-order valence-electron chi connectivity index (χ1n) is 9.63. The second-order valence-electron chi connectivity index (χ2n) is 7.86. The highest BCUT2D eigenvalue weighted by molar-refractivity contribution is 5.41. The predicted molar refractivity (Wildman–Crippen MR) is 102 cm³/mol. The fourth-order valence-electron chi connectivity index (χ4n) is 4.23. The Morgan fingerprint density at radius 1 is 1.22 bits per heavy atom. The molecule has 4 rings (SSSR count). The van der Waals surface area contributed by atoms with E-state index in [1.165, 1.54) is 0 Å². The lowest BCUT2D eigenvalue weighted by atomic mass is 9.58. The Labute approximate surface area is 159 Å². The van der Waals surface area contributed by atoms with Gasteiger partial charge in [0.2, 0.25) is 5.95 Å². The summed E-state index contributed by atoms with van der Waals surface area (Å²) in [7, 11) is 4.09. The van der Waals surface area contributed by atoms with E-state index in [1.807, 2.05) is 44.4 Å². The molecule has 1 aliphatic heterocycles. The Morgan fingerprint density at radius 3 is 2.63 bits per heavy atom. The van der Waals surface area contributed by atoms with Crippen molar-refractivity contribution in [1.82, 2.24) is 25.1 Å². The lowest BCUT2D eigenvalue weighted by Gasteiger charge is -2.56. The van der Waals surface area contributed by atoms with Crippen LogP contribution in [-0.2, 0) is 4.74 Å². The molecule has 1 saturated carbocycles. The van der Waals surface area contributed by atoms with E-state index < -0.39 is 0 Å². The Morgan fingerprint density at radius 2 is 1.96 bits per heavy atom. The molecule has 0 bridgehead atoms. The van der Waals surface area contributed by atoms with Gasteiger partial charge >= 0.3 is 0 Å². The summed E-state index contributed by atoms with van der Waals surface area (Å²) in [6, 6.07) is 9.93. The van der Waals surface area contributed by atoms with Crippen molar-refractivity contribution in [2.75, 3.05) is 45.2 Å². The highest BCUT2D eigenvalue weighted by Crippen LogP contribution is 2.51. The molecule has 8 heteroatoms. The molecule has 1 saturated heterocycles. The smallest absolute Gasteiger partial charge is 0.250 e. The van der Waals surface area contributed by atoms with Crippen molar-refractivity contribution >= 4 is 5.95 Å². The lowest BCUT2D eigenvalue weighted by Crippen LogP contribution is -2.62. The minimum atomic E-state index is -0.269. The van der Waals surface area contributed by atoms with Gasteiger partial charge in [0.1, 0.15) is 0 Å². The number of aliphatic hydroxyl groups is 1. The van der Waals surface area contributed by atoms with Crippen LogP contribution in [0.15, 0.2) is 30.3 Å². The molecule has 2 heterocycles. The molecule has 8 nitrogen and oxygen atoms in total. The van der Waals surface area contributed by atoms with Crippen LogP contribution in [0.5, 0.6) is 0 Å². The minimum Gasteiger partial charge on any atom is -0.392 e. The van der Waals surface area contributed by atoms with Gasteiger partial charge in [0.15, 0.2) is 0 Å². The molecule has 2 fully saturated rings. The molecule has 1 aliphatic carbocycles. The second kappa shape index (κ2) is 7.53. The maximum Gasteiger partial charge on any atom is 0.250 e. The van der Waals surface area contributed by atoms with E-state index in [0.717, 1.165) is 50.5 Å². The Balaban J connectivity index is 1.41. The molecule has 2 unspecified atom stereocenters. The van der Waals surface area contributed by atoms with Crippen LogP contribution in [0.4, 0.5) is 5.95 Å². The molecule has 1 spiro atoms. The summed E-state index contributed by atoms with van der Waals surface area (Å²) in [5, 5.41) is 22.8. The van der Waals surface area contributed by atoms with Crippen LogP contribution in [0.1, 0.15) is 19.3 Å². The van der Waals surface area contributed by atoms with Crippen LogP contribution in [0.2, 0.25) is 0 Å². The van der Waals surface area contributed by atoms with Crippen molar-refractivity contribution in [3.8, 4) is 5.69 Å². The van der Waals surface area contributed by atoms with E-state index in [-0.39, 0.29) is 17.6 Å². The molecule has 2 aromatic rings. The van der Waals surface area contributed by atoms with E-state index in [4.69, 9.17) is 4.74 Å². The summed E-state index contributed by atoms with van der Waals surface area (Å²) in [4.78, 5) is 4.33. The van der Waals surface area contributed by atoms with Gasteiger partial charge in [-0.25, -0.2) is 0 Å². The summed E-state index contributed by atoms with van der Waals surface area (Å²) in [5.41, 5.74) is 0.833. The van der Waals surface area contributed by atoms with Crippen molar-refractivity contribution < 1.29 is 9.84 Å². The average Bonchev–Trinajstić information content (AvgIpc) is 3.18. The lowest BCUT2D eigenvalue weighted by molar-refractivity contribution is -0.202. The first-order valence-corrected chi connectivity index (χ1v) is 9.63. The summed E-state index contributed by atoms with van der Waals surface area (Å²) < 4.78 is 7.88. The molecular formula is C19H28N6O2. The van der Waals surface area contributed by atoms with Gasteiger partial charge in [-0.2, -0.15) is 4.68 Å². The zero-order valence-electron chi connectivity index (χ0n) is 16.0. The molecule has 1 aromatic carbocycles. The number of anilines is 1. The van der Waals surface area contributed by atoms with Gasteiger partial charge in [0.25, 0.3) is 0 Å². The highest BCUT2D eigenvalue weighted by atomic mass is 16.5. The zero-order valence-corrected chi connectivity index (χ0v) is 16.0. The highest BCUT2D eigenvalue weighted by Gasteiger charge is 2.56. The number of ether oxygens (including phenoxy) is 1. The fourth-order valence-corrected chi connectivity index (χ4v) is 4.23. The fraction of sp³-hybridized carbons (Fsp3) is 0.632. The maximum atomic E-state index is 10.5. The monoisotopic (exact) mass is 372 g/mol. The second-order valence-corrected chi connectivity index (χ2v) is 7.86. The molecule has 27 heavy (non-hydrogen) atoms. The maximum absolute atomic E-state index is 10.5. The third-order valence-corrected chi connectivity index (χ3v) is 6.03. The van der Waals surface area contributed by atoms with Crippen LogP contribution in [0, 0.1) is 5.41 Å². The van der Waals surface area contributed by atoms with Crippen LogP contribution >= 0.6 is 0 Å². The third kappa shape index (κ3) is 3.44. The number of piperidine rings is 1. The van der Waals surface area contributed by atoms with Gasteiger partial charge in [-0.3, -0.25) is 0 Å². The first-order chi connectivity index (χ1) is 13.1. The predicted octanol–water partition coefficient (Wildman–Crippen LogP) is 0.960. The number of hydrogen-bond acceptors (Lipinski definition) is 7. The molecule has 146 valence electrons. The SMILES string of the molecule is CN(C)CCOC1CC(O)C12CCN(c1nnnn1-c1ccccc1)CC2. The molecule has 0 amide bonds. The van der Waals surface area contributed by atoms with Crippen LogP contribution < -0.4 is 4.90 Å². The molecule has 0 radical (unpaired) electrons. The van der Waals surface area contributed by atoms with E-state index >= 15 is 0 Å². The number of rotatable bonds is 6. The topological polar surface area (TPSA) is 79.5 Å². The summed E-state index contributed by atoms with van der Waals surface area (Å²) in [5.74, 6) is 0.759. The van der Waals surface area contributed by atoms with Crippen molar-refractivity contribution in [1.29, 1.82) is 0 Å². The Kier molecular flexibility index (Phi) is 5.12. The number of benzene rings is 1. The van der Waals surface area contributed by atoms with Crippen molar-refractivity contribution in [3.63, 3.8) is 0 Å². The third-order valence-electron chi connectivity index (χ3n) is 6.03. The van der Waals surface area contributed by atoms with Gasteiger partial charge < -0.3 is 19.6 Å². The van der Waals surface area contributed by atoms with Gasteiger partial charge in [-0.05, 0) is 49.5 Å². The number of hydrogen-bond donors (Lipinski definition) is 1. The van der Waals surface area contributed by atoms with Gasteiger partial charge in [-0.15, -0.1) is 0 Å². The summed E-state index contributed by atoms with van der Waals surface area (Å²) >= 11 is 0. The quantitative estimate of drug-likeness (QED) is 0.809. The average molecular weight is 372 g/mol. The van der Waals surface area contributed by atoms with Crippen LogP contribution in [0.3, 0.4) is 0 Å². The number of likely N-dealkylation sites (N-methyl/N-ethyl adjacent to an activating group) is 1. The van der Waals surface area contributed by atoms with Crippen molar-refractivity contribution in [2.24, 2.45) is 5.41 Å². The zero-order chi connectivity index (χ0) is 18.9. The van der Waals surface area contributed by atoms with Gasteiger partial charge in [-0.1, -0.05) is 23.3 Å². The van der Waals surface area contributed by atoms with Crippen molar-refractivity contribution in [2.45, 2.75) is 31.5 Å². The van der Waals surface area contributed by atoms with Crippen LogP contribution in [-0.4, -0.2) is 82.8 Å². The standard InChI is InChI=1S/C19H28N6O2/c1-23(2)12-13-27-17-14-16(26)19(17)8-10-24(11-9-19)18-20-21-22-25(18)15-6-4-3-5-7-15/h3-7,16-17,26H,8-14H2,1-2H3. The summed E-state index contributed by atoms with van der Waals surface area (Å²) in [6.45, 7) is 3.25. The largest absolute Gasteiger partial charge is 0.392 e. The molecule has 2 aliphatic rings. The normalized spacial score (nSPS) is 24.4. The first kappa shape index (κ1) is 18.3. The van der Waals surface area contributed by atoms with Crippen LogP contribution in [0.25, 0.3) is 5.69 Å². The number of tetrazole rings is 1. The van der Waals surface area contributed by atoms with Gasteiger partial charge in [0, 0.05) is 31.5 Å². The number of aliphatic hydroxyl groups excluding tert-OH is 1. The molecular weight excluding hydrogens is 344 g/mol. The van der Waals surface area contributed by atoms with E-state index in [9.17, 15) is 5.11 Å². The molecule has 1 aromatic heterocycles. The minimum absolute atomic E-state index is 0.117. The molecule has 2 atom stereocenters. The number of para-hydroxylation sites is 1. The Hall–Kier alpha value is -2.03. The summed E-state index contributed by atoms with van der Waals surface area (Å²) in [6.07, 6.45) is 2.41. The van der Waals surface area contributed by atoms with E-state index in [1.54, 1.807) is 4.68 Å². The van der Waals surface area contributed by atoms with E-state index in [2.05, 4.69) is 25.3 Å². The van der Waals surface area contributed by atoms with Gasteiger partial charge in [0.05, 0.1) is 24.5 Å². The number of aromatic nitrogens is 4.